The number of hydrogen-bond donors (Lipinski definition) is 0. The van der Waals surface area contributed by atoms with Crippen LogP contribution in [0, 0.1) is 0 Å². The maximum atomic E-state index is 5.25. The average molecular weight is 626 g/mol. The third-order valence-corrected chi connectivity index (χ3v) is 10.0. The van der Waals surface area contributed by atoms with Gasteiger partial charge in [-0.05, 0) is 82.3 Å². The van der Waals surface area contributed by atoms with E-state index in [4.69, 9.17) is 9.97 Å². The molecule has 1 aliphatic carbocycles. The monoisotopic (exact) mass is 625 g/mol. The smallest absolute Gasteiger partial charge is 0.0979 e. The standard InChI is InChI=1S/C46H31N3/c1-2-11-30(12-3-1)31-21-24-35(25-22-31)49-43-20-9-8-17-38(43)41-28-33(23-26-44(41)49)32-13-10-14-34(27-32)42-29-47-45-39-18-6-4-15-36(39)37-16-5-7-19-40(37)46(45)48-42/h2,4-29H,1,3H2. The van der Waals surface area contributed by atoms with Gasteiger partial charge in [0.15, 0.2) is 0 Å². The van der Waals surface area contributed by atoms with Crippen molar-refractivity contribution in [2.45, 2.75) is 12.8 Å². The van der Waals surface area contributed by atoms with E-state index in [0.717, 1.165) is 51.5 Å². The quantitative estimate of drug-likeness (QED) is 0.182. The van der Waals surface area contributed by atoms with Crippen molar-refractivity contribution < 1.29 is 0 Å². The van der Waals surface area contributed by atoms with E-state index < -0.39 is 0 Å². The predicted molar refractivity (Wildman–Crippen MR) is 206 cm³/mol. The molecule has 9 aromatic rings. The Hall–Kier alpha value is -6.32. The third-order valence-electron chi connectivity index (χ3n) is 10.0. The van der Waals surface area contributed by atoms with Crippen molar-refractivity contribution in [1.29, 1.82) is 0 Å². The maximum Gasteiger partial charge on any atom is 0.0979 e. The fourth-order valence-corrected chi connectivity index (χ4v) is 7.68. The molecule has 7 aromatic carbocycles. The van der Waals surface area contributed by atoms with Crippen molar-refractivity contribution in [3.8, 4) is 28.1 Å². The summed E-state index contributed by atoms with van der Waals surface area (Å²) in [6.45, 7) is 0. The molecule has 0 N–H and O–H groups in total. The van der Waals surface area contributed by atoms with E-state index in [1.54, 1.807) is 0 Å². The Morgan fingerprint density at radius 2 is 1.12 bits per heavy atom. The summed E-state index contributed by atoms with van der Waals surface area (Å²) in [4.78, 5) is 10.3. The predicted octanol–water partition coefficient (Wildman–Crippen LogP) is 12.1. The zero-order valence-electron chi connectivity index (χ0n) is 26.8. The van der Waals surface area contributed by atoms with Gasteiger partial charge in [-0.3, -0.25) is 4.98 Å². The van der Waals surface area contributed by atoms with Gasteiger partial charge in [0.2, 0.25) is 0 Å². The average Bonchev–Trinajstić information content (AvgIpc) is 3.52. The molecular weight excluding hydrogens is 595 g/mol. The molecule has 2 heterocycles. The van der Waals surface area contributed by atoms with Crippen LogP contribution in [0.4, 0.5) is 0 Å². The van der Waals surface area contributed by atoms with Crippen molar-refractivity contribution in [2.75, 3.05) is 0 Å². The van der Waals surface area contributed by atoms with Crippen molar-refractivity contribution >= 4 is 60.0 Å². The highest BCUT2D eigenvalue weighted by molar-refractivity contribution is 6.23. The Kier molecular flexibility index (Phi) is 6.31. The van der Waals surface area contributed by atoms with Crippen molar-refractivity contribution in [2.24, 2.45) is 0 Å². The van der Waals surface area contributed by atoms with E-state index in [-0.39, 0.29) is 0 Å². The van der Waals surface area contributed by atoms with E-state index >= 15 is 0 Å². The van der Waals surface area contributed by atoms with E-state index in [2.05, 4.69) is 162 Å². The molecule has 0 unspecified atom stereocenters. The third kappa shape index (κ3) is 4.51. The van der Waals surface area contributed by atoms with Crippen LogP contribution in [0.2, 0.25) is 0 Å². The van der Waals surface area contributed by atoms with Gasteiger partial charge in [-0.15, -0.1) is 0 Å². The summed E-state index contributed by atoms with van der Waals surface area (Å²) in [5.74, 6) is 0. The first-order valence-electron chi connectivity index (χ1n) is 17.0. The molecule has 49 heavy (non-hydrogen) atoms. The first-order valence-corrected chi connectivity index (χ1v) is 17.0. The second kappa shape index (κ2) is 11.1. The van der Waals surface area contributed by atoms with Crippen molar-refractivity contribution in [3.63, 3.8) is 0 Å². The van der Waals surface area contributed by atoms with Gasteiger partial charge in [-0.1, -0.05) is 121 Å². The summed E-state index contributed by atoms with van der Waals surface area (Å²) >= 11 is 0. The van der Waals surface area contributed by atoms with Crippen LogP contribution in [0.5, 0.6) is 0 Å². The van der Waals surface area contributed by atoms with Crippen LogP contribution in [0.1, 0.15) is 18.4 Å². The first-order chi connectivity index (χ1) is 24.3. The fourth-order valence-electron chi connectivity index (χ4n) is 7.68. The van der Waals surface area contributed by atoms with Crippen LogP contribution in [-0.2, 0) is 0 Å². The lowest BCUT2D eigenvalue weighted by Crippen LogP contribution is -1.94. The SMILES string of the molecule is C1=CC(c2ccc(-n3c4ccccc4c4cc(-c5cccc(-c6cnc7c8ccccc8c8ccccc8c7n6)c5)ccc43)cc2)=CCC1. The minimum Gasteiger partial charge on any atom is -0.309 e. The summed E-state index contributed by atoms with van der Waals surface area (Å²) < 4.78 is 2.39. The Morgan fingerprint density at radius 1 is 0.469 bits per heavy atom. The number of rotatable bonds is 4. The number of aromatic nitrogens is 3. The lowest BCUT2D eigenvalue weighted by molar-refractivity contribution is 1.04. The molecule has 0 radical (unpaired) electrons. The highest BCUT2D eigenvalue weighted by atomic mass is 15.0. The normalized spacial score (nSPS) is 13.2. The van der Waals surface area contributed by atoms with E-state index in [1.807, 2.05) is 6.20 Å². The van der Waals surface area contributed by atoms with Gasteiger partial charge in [0.05, 0.1) is 34.0 Å². The summed E-state index contributed by atoms with van der Waals surface area (Å²) in [6, 6.07) is 50.3. The fraction of sp³-hybridized carbons (Fsp3) is 0.0435. The first kappa shape index (κ1) is 27.8. The molecule has 0 amide bonds. The lowest BCUT2D eigenvalue weighted by Gasteiger charge is -2.12. The molecule has 0 fully saturated rings. The van der Waals surface area contributed by atoms with Gasteiger partial charge < -0.3 is 4.57 Å². The van der Waals surface area contributed by atoms with Gasteiger partial charge >= 0.3 is 0 Å². The number of allylic oxidation sites excluding steroid dienone is 4. The van der Waals surface area contributed by atoms with E-state index in [0.29, 0.717) is 0 Å². The molecule has 0 saturated heterocycles. The van der Waals surface area contributed by atoms with Crippen LogP contribution in [0.3, 0.4) is 0 Å². The van der Waals surface area contributed by atoms with Gasteiger partial charge in [0.1, 0.15) is 0 Å². The minimum absolute atomic E-state index is 0.871. The van der Waals surface area contributed by atoms with Gasteiger partial charge in [-0.25, -0.2) is 4.98 Å². The number of hydrogen-bond acceptors (Lipinski definition) is 2. The highest BCUT2D eigenvalue weighted by Crippen LogP contribution is 2.37. The molecule has 10 rings (SSSR count). The molecule has 230 valence electrons. The van der Waals surface area contributed by atoms with Crippen LogP contribution < -0.4 is 0 Å². The molecule has 2 aromatic heterocycles. The number of nitrogens with zero attached hydrogens (tertiary/aromatic N) is 3. The molecule has 3 heteroatoms. The minimum atomic E-state index is 0.871. The molecule has 3 nitrogen and oxygen atoms in total. The van der Waals surface area contributed by atoms with Crippen molar-refractivity contribution in [1.82, 2.24) is 14.5 Å². The Morgan fingerprint density at radius 3 is 1.90 bits per heavy atom. The van der Waals surface area contributed by atoms with Crippen LogP contribution >= 0.6 is 0 Å². The molecule has 1 aliphatic rings. The maximum absolute atomic E-state index is 5.25. The molecule has 0 aliphatic heterocycles. The second-order valence-electron chi connectivity index (χ2n) is 12.9. The van der Waals surface area contributed by atoms with E-state index in [9.17, 15) is 0 Å². The van der Waals surface area contributed by atoms with Gasteiger partial charge in [-0.2, -0.15) is 0 Å². The lowest BCUT2D eigenvalue weighted by atomic mass is 9.98. The number of benzene rings is 7. The number of para-hydroxylation sites is 1. The Bertz CT molecular complexity index is 2780. The topological polar surface area (TPSA) is 30.7 Å². The van der Waals surface area contributed by atoms with Crippen LogP contribution in [0.15, 0.2) is 164 Å². The molecule has 0 spiro atoms. The van der Waals surface area contributed by atoms with Crippen molar-refractivity contribution in [3.05, 3.63) is 170 Å². The molecule has 0 saturated carbocycles. The summed E-state index contributed by atoms with van der Waals surface area (Å²) in [5.41, 5.74) is 12.3. The second-order valence-corrected chi connectivity index (χ2v) is 12.9. The summed E-state index contributed by atoms with van der Waals surface area (Å²) in [6.07, 6.45) is 11.0. The zero-order chi connectivity index (χ0) is 32.3. The zero-order valence-corrected chi connectivity index (χ0v) is 26.8. The summed E-state index contributed by atoms with van der Waals surface area (Å²) in [7, 11) is 0. The molecule has 0 atom stereocenters. The Labute approximate surface area is 284 Å². The van der Waals surface area contributed by atoms with Gasteiger partial charge in [0, 0.05) is 32.8 Å². The molecular formula is C46H31N3. The number of fused-ring (bicyclic) bond motifs is 9. The van der Waals surface area contributed by atoms with E-state index in [1.165, 1.54) is 55.0 Å². The summed E-state index contributed by atoms with van der Waals surface area (Å²) in [5, 5.41) is 7.15. The van der Waals surface area contributed by atoms with Crippen LogP contribution in [-0.4, -0.2) is 14.5 Å². The van der Waals surface area contributed by atoms with Gasteiger partial charge in [0.25, 0.3) is 0 Å². The largest absolute Gasteiger partial charge is 0.309 e. The highest BCUT2D eigenvalue weighted by Gasteiger charge is 2.15. The Balaban J connectivity index is 1.08. The van der Waals surface area contributed by atoms with Crippen LogP contribution in [0.25, 0.3) is 88.0 Å². The molecule has 0 bridgehead atoms.